The molecule has 0 aliphatic rings. The van der Waals surface area contributed by atoms with E-state index >= 15 is 0 Å². The maximum atomic E-state index is 12.9. The maximum absolute atomic E-state index is 12.9. The zero-order valence-electron chi connectivity index (χ0n) is 9.15. The van der Waals surface area contributed by atoms with Gasteiger partial charge < -0.3 is 11.1 Å². The van der Waals surface area contributed by atoms with E-state index in [1.54, 1.807) is 18.2 Å². The van der Waals surface area contributed by atoms with Crippen LogP contribution in [0.5, 0.6) is 0 Å². The molecule has 0 aliphatic carbocycles. The quantitative estimate of drug-likeness (QED) is 0.662. The number of amides is 1. The van der Waals surface area contributed by atoms with Crippen LogP contribution in [-0.2, 0) is 0 Å². The number of carbonyl (C=O) groups excluding carboxylic acids is 1. The van der Waals surface area contributed by atoms with E-state index < -0.39 is 11.9 Å². The summed E-state index contributed by atoms with van der Waals surface area (Å²) in [7, 11) is 0. The Morgan fingerprint density at radius 3 is 2.72 bits per heavy atom. The molecule has 0 atom stereocenters. The standard InChI is InChI=1S/C12H9BrFN3O/c13-11-7(3-1-4-8(11)15)12(18)17-10-6-2-5-9(14)16-10/h1-6H,15H2,(H,16,17,18). The second-order valence-corrected chi connectivity index (χ2v) is 4.30. The summed E-state index contributed by atoms with van der Waals surface area (Å²) in [6, 6.07) is 9.10. The van der Waals surface area contributed by atoms with Crippen LogP contribution in [0.15, 0.2) is 40.9 Å². The SMILES string of the molecule is Nc1cccc(C(=O)Nc2cccc(F)n2)c1Br. The molecule has 0 bridgehead atoms. The van der Waals surface area contributed by atoms with Crippen LogP contribution in [0.3, 0.4) is 0 Å². The van der Waals surface area contributed by atoms with E-state index in [4.69, 9.17) is 5.73 Å². The van der Waals surface area contributed by atoms with Gasteiger partial charge in [0.15, 0.2) is 0 Å². The number of pyridine rings is 1. The lowest BCUT2D eigenvalue weighted by molar-refractivity contribution is 0.102. The van der Waals surface area contributed by atoms with Gasteiger partial charge >= 0.3 is 0 Å². The van der Waals surface area contributed by atoms with Crippen molar-refractivity contribution in [3.05, 3.63) is 52.4 Å². The molecular formula is C12H9BrFN3O. The average molecular weight is 310 g/mol. The molecule has 0 radical (unpaired) electrons. The molecular weight excluding hydrogens is 301 g/mol. The molecule has 18 heavy (non-hydrogen) atoms. The molecule has 0 fully saturated rings. The summed E-state index contributed by atoms with van der Waals surface area (Å²) < 4.78 is 13.4. The minimum Gasteiger partial charge on any atom is -0.398 e. The highest BCUT2D eigenvalue weighted by Crippen LogP contribution is 2.24. The van der Waals surface area contributed by atoms with E-state index in [9.17, 15) is 9.18 Å². The molecule has 0 saturated heterocycles. The van der Waals surface area contributed by atoms with Gasteiger partial charge in [0, 0.05) is 5.69 Å². The first-order valence-electron chi connectivity index (χ1n) is 5.06. The monoisotopic (exact) mass is 309 g/mol. The first-order chi connectivity index (χ1) is 8.58. The number of benzene rings is 1. The highest BCUT2D eigenvalue weighted by molar-refractivity contribution is 9.10. The summed E-state index contributed by atoms with van der Waals surface area (Å²) in [5.74, 6) is -0.916. The lowest BCUT2D eigenvalue weighted by atomic mass is 10.2. The van der Waals surface area contributed by atoms with Crippen molar-refractivity contribution in [3.8, 4) is 0 Å². The number of nitrogens with two attached hydrogens (primary N) is 1. The Morgan fingerprint density at radius 2 is 2.00 bits per heavy atom. The van der Waals surface area contributed by atoms with Gasteiger partial charge in [-0.1, -0.05) is 12.1 Å². The van der Waals surface area contributed by atoms with Gasteiger partial charge in [-0.3, -0.25) is 4.79 Å². The van der Waals surface area contributed by atoms with Crippen molar-refractivity contribution in [2.24, 2.45) is 0 Å². The zero-order chi connectivity index (χ0) is 13.1. The molecule has 1 aromatic carbocycles. The smallest absolute Gasteiger partial charge is 0.258 e. The van der Waals surface area contributed by atoms with Crippen LogP contribution in [0.1, 0.15) is 10.4 Å². The third-order valence-electron chi connectivity index (χ3n) is 2.23. The lowest BCUT2D eigenvalue weighted by Gasteiger charge is -2.07. The Bertz CT molecular complexity index is 604. The first-order valence-corrected chi connectivity index (χ1v) is 5.85. The Labute approximate surface area is 111 Å². The van der Waals surface area contributed by atoms with E-state index in [2.05, 4.69) is 26.2 Å². The van der Waals surface area contributed by atoms with Crippen molar-refractivity contribution in [1.82, 2.24) is 4.98 Å². The number of halogens is 2. The largest absolute Gasteiger partial charge is 0.398 e. The predicted octanol–water partition coefficient (Wildman–Crippen LogP) is 2.82. The summed E-state index contributed by atoms with van der Waals surface area (Å²) in [5.41, 5.74) is 6.49. The van der Waals surface area contributed by atoms with Gasteiger partial charge in [-0.25, -0.2) is 4.98 Å². The van der Waals surface area contributed by atoms with Crippen LogP contribution in [0.4, 0.5) is 15.9 Å². The average Bonchev–Trinajstić information content (AvgIpc) is 2.32. The fraction of sp³-hybridized carbons (Fsp3) is 0. The molecule has 2 rings (SSSR count). The molecule has 0 aliphatic heterocycles. The van der Waals surface area contributed by atoms with Gasteiger partial charge in [-0.15, -0.1) is 0 Å². The van der Waals surface area contributed by atoms with Gasteiger partial charge in [0.2, 0.25) is 5.95 Å². The normalized spacial score (nSPS) is 10.1. The summed E-state index contributed by atoms with van der Waals surface area (Å²) in [4.78, 5) is 15.5. The molecule has 2 aromatic rings. The van der Waals surface area contributed by atoms with Crippen LogP contribution in [0.2, 0.25) is 0 Å². The third kappa shape index (κ3) is 2.65. The van der Waals surface area contributed by atoms with Crippen molar-refractivity contribution in [3.63, 3.8) is 0 Å². The number of rotatable bonds is 2. The summed E-state index contributed by atoms with van der Waals surface area (Å²) in [5, 5.41) is 2.49. The Kier molecular flexibility index (Phi) is 3.57. The lowest BCUT2D eigenvalue weighted by Crippen LogP contribution is -2.14. The first kappa shape index (κ1) is 12.5. The Morgan fingerprint density at radius 1 is 1.28 bits per heavy atom. The number of aromatic nitrogens is 1. The topological polar surface area (TPSA) is 68.0 Å². The van der Waals surface area contributed by atoms with Crippen LogP contribution >= 0.6 is 15.9 Å². The van der Waals surface area contributed by atoms with E-state index in [1.807, 2.05) is 0 Å². The van der Waals surface area contributed by atoms with Crippen LogP contribution in [0, 0.1) is 5.95 Å². The summed E-state index contributed by atoms with van der Waals surface area (Å²) >= 11 is 3.23. The third-order valence-corrected chi connectivity index (χ3v) is 3.11. The fourth-order valence-electron chi connectivity index (χ4n) is 1.39. The number of hydrogen-bond donors (Lipinski definition) is 2. The molecule has 1 amide bonds. The molecule has 0 unspecified atom stereocenters. The fourth-order valence-corrected chi connectivity index (χ4v) is 1.83. The van der Waals surface area contributed by atoms with Crippen molar-refractivity contribution in [1.29, 1.82) is 0 Å². The molecule has 0 spiro atoms. The van der Waals surface area contributed by atoms with Crippen LogP contribution in [0.25, 0.3) is 0 Å². The van der Waals surface area contributed by atoms with Crippen LogP contribution < -0.4 is 11.1 Å². The summed E-state index contributed by atoms with van der Waals surface area (Å²) in [6.45, 7) is 0. The Hall–Kier alpha value is -1.95. The molecule has 92 valence electrons. The molecule has 4 nitrogen and oxygen atoms in total. The van der Waals surface area contributed by atoms with E-state index in [0.29, 0.717) is 15.7 Å². The van der Waals surface area contributed by atoms with Crippen molar-refractivity contribution < 1.29 is 9.18 Å². The van der Waals surface area contributed by atoms with Gasteiger partial charge in [0.05, 0.1) is 10.0 Å². The second-order valence-electron chi connectivity index (χ2n) is 3.51. The molecule has 1 heterocycles. The van der Waals surface area contributed by atoms with Crippen molar-refractivity contribution >= 4 is 33.3 Å². The number of carbonyl (C=O) groups is 1. The number of hydrogen-bond acceptors (Lipinski definition) is 3. The second kappa shape index (κ2) is 5.14. The number of nitrogens with one attached hydrogen (secondary N) is 1. The maximum Gasteiger partial charge on any atom is 0.258 e. The van der Waals surface area contributed by atoms with Crippen molar-refractivity contribution in [2.75, 3.05) is 11.1 Å². The molecule has 1 aromatic heterocycles. The van der Waals surface area contributed by atoms with Gasteiger partial charge in [-0.05, 0) is 40.2 Å². The van der Waals surface area contributed by atoms with Gasteiger partial charge in [-0.2, -0.15) is 4.39 Å². The van der Waals surface area contributed by atoms with E-state index in [1.165, 1.54) is 18.2 Å². The van der Waals surface area contributed by atoms with Crippen molar-refractivity contribution in [2.45, 2.75) is 0 Å². The minimum atomic E-state index is -0.653. The molecule has 0 saturated carbocycles. The highest BCUT2D eigenvalue weighted by atomic mass is 79.9. The van der Waals surface area contributed by atoms with E-state index in [-0.39, 0.29) is 5.82 Å². The highest BCUT2D eigenvalue weighted by Gasteiger charge is 2.12. The Balaban J connectivity index is 2.25. The van der Waals surface area contributed by atoms with E-state index in [0.717, 1.165) is 0 Å². The number of anilines is 2. The summed E-state index contributed by atoms with van der Waals surface area (Å²) in [6.07, 6.45) is 0. The van der Waals surface area contributed by atoms with Gasteiger partial charge in [0.25, 0.3) is 5.91 Å². The molecule has 6 heteroatoms. The minimum absolute atomic E-state index is 0.148. The van der Waals surface area contributed by atoms with Gasteiger partial charge in [0.1, 0.15) is 5.82 Å². The molecule has 3 N–H and O–H groups in total. The predicted molar refractivity (Wildman–Crippen MR) is 70.7 cm³/mol. The number of nitrogens with zero attached hydrogens (tertiary/aromatic N) is 1. The van der Waals surface area contributed by atoms with Crippen LogP contribution in [-0.4, -0.2) is 10.9 Å². The number of nitrogen functional groups attached to an aromatic ring is 1. The zero-order valence-corrected chi connectivity index (χ0v) is 10.7.